The van der Waals surface area contributed by atoms with Crippen LogP contribution >= 0.6 is 0 Å². The normalized spacial score (nSPS) is 16.9. The molecule has 0 unspecified atom stereocenters. The van der Waals surface area contributed by atoms with Crippen LogP contribution in [-0.2, 0) is 23.0 Å². The Morgan fingerprint density at radius 3 is 2.53 bits per heavy atom. The molecule has 0 saturated heterocycles. The average molecular weight is 282 g/mol. The Kier molecular flexibility index (Phi) is 4.60. The average Bonchev–Trinajstić information content (AvgIpc) is 2.89. The largest absolute Gasteiger partial charge is 0.326 e. The van der Waals surface area contributed by atoms with Crippen molar-refractivity contribution < 1.29 is 8.42 Å². The molecule has 0 aliphatic heterocycles. The fourth-order valence-electron chi connectivity index (χ4n) is 2.64. The highest BCUT2D eigenvalue weighted by atomic mass is 32.2. The van der Waals surface area contributed by atoms with Crippen molar-refractivity contribution in [3.05, 3.63) is 29.3 Å². The maximum Gasteiger partial charge on any atom is 0.240 e. The van der Waals surface area contributed by atoms with Crippen molar-refractivity contribution in [1.82, 2.24) is 4.72 Å². The van der Waals surface area contributed by atoms with Crippen molar-refractivity contribution in [1.29, 1.82) is 0 Å². The molecule has 0 atom stereocenters. The lowest BCUT2D eigenvalue weighted by Crippen LogP contribution is -2.32. The third-order valence-electron chi connectivity index (χ3n) is 3.77. The minimum atomic E-state index is -3.41. The monoisotopic (exact) mass is 282 g/mol. The second-order valence-electron chi connectivity index (χ2n) is 5.09. The summed E-state index contributed by atoms with van der Waals surface area (Å²) in [5.41, 5.74) is 7.71. The van der Waals surface area contributed by atoms with Crippen molar-refractivity contribution in [3.8, 4) is 0 Å². The van der Waals surface area contributed by atoms with E-state index in [1.807, 2.05) is 13.0 Å². The summed E-state index contributed by atoms with van der Waals surface area (Å²) >= 11 is 0. The van der Waals surface area contributed by atoms with Gasteiger partial charge in [-0.05, 0) is 42.5 Å². The Balaban J connectivity index is 2.24. The smallest absolute Gasteiger partial charge is 0.240 e. The third-order valence-corrected chi connectivity index (χ3v) is 5.28. The predicted molar refractivity (Wildman–Crippen MR) is 76.3 cm³/mol. The molecule has 106 valence electrons. The van der Waals surface area contributed by atoms with E-state index in [1.54, 1.807) is 12.1 Å². The summed E-state index contributed by atoms with van der Waals surface area (Å²) in [7, 11) is -3.41. The zero-order valence-corrected chi connectivity index (χ0v) is 12.2. The van der Waals surface area contributed by atoms with Gasteiger partial charge in [0.05, 0.1) is 4.90 Å². The van der Waals surface area contributed by atoms with Crippen LogP contribution in [0, 0.1) is 0 Å². The van der Waals surface area contributed by atoms with Crippen molar-refractivity contribution in [2.45, 2.75) is 56.5 Å². The van der Waals surface area contributed by atoms with E-state index in [9.17, 15) is 8.42 Å². The highest BCUT2D eigenvalue weighted by molar-refractivity contribution is 7.89. The van der Waals surface area contributed by atoms with Gasteiger partial charge in [0.1, 0.15) is 0 Å². The number of rotatable bonds is 5. The first-order valence-corrected chi connectivity index (χ1v) is 8.39. The zero-order chi connectivity index (χ0) is 13.9. The lowest BCUT2D eigenvalue weighted by molar-refractivity contribution is 0.552. The highest BCUT2D eigenvalue weighted by Crippen LogP contribution is 2.21. The van der Waals surface area contributed by atoms with Gasteiger partial charge in [-0.1, -0.05) is 25.8 Å². The van der Waals surface area contributed by atoms with Crippen molar-refractivity contribution >= 4 is 10.0 Å². The number of hydrogen-bond donors (Lipinski definition) is 2. The fraction of sp³-hybridized carbons (Fsp3) is 0.571. The Labute approximate surface area is 115 Å². The first-order chi connectivity index (χ1) is 9.06. The van der Waals surface area contributed by atoms with Gasteiger partial charge in [-0.25, -0.2) is 13.1 Å². The second kappa shape index (κ2) is 6.03. The summed E-state index contributed by atoms with van der Waals surface area (Å²) in [6, 6.07) is 5.34. The van der Waals surface area contributed by atoms with Gasteiger partial charge in [0, 0.05) is 12.6 Å². The van der Waals surface area contributed by atoms with Gasteiger partial charge < -0.3 is 5.73 Å². The summed E-state index contributed by atoms with van der Waals surface area (Å²) in [5.74, 6) is 0. The number of nitrogens with two attached hydrogens (primary N) is 1. The molecule has 2 rings (SSSR count). The number of nitrogens with one attached hydrogen (secondary N) is 1. The van der Waals surface area contributed by atoms with Crippen LogP contribution in [0.2, 0.25) is 0 Å². The standard InChI is InChI=1S/C14H22N2O2S/c1-2-11-7-8-14(9-12(11)10-15)19(17,18)16-13-5-3-4-6-13/h7-9,13,16H,2-6,10,15H2,1H3. The first-order valence-electron chi connectivity index (χ1n) is 6.91. The second-order valence-corrected chi connectivity index (χ2v) is 6.80. The van der Waals surface area contributed by atoms with Crippen molar-refractivity contribution in [3.63, 3.8) is 0 Å². The molecule has 19 heavy (non-hydrogen) atoms. The molecule has 1 aromatic rings. The highest BCUT2D eigenvalue weighted by Gasteiger charge is 2.23. The summed E-state index contributed by atoms with van der Waals surface area (Å²) in [5, 5.41) is 0. The summed E-state index contributed by atoms with van der Waals surface area (Å²) < 4.78 is 27.4. The molecular formula is C14H22N2O2S. The van der Waals surface area contributed by atoms with Crippen LogP contribution in [0.5, 0.6) is 0 Å². The summed E-state index contributed by atoms with van der Waals surface area (Å²) in [4.78, 5) is 0.331. The molecule has 0 radical (unpaired) electrons. The van der Waals surface area contributed by atoms with Crippen LogP contribution in [0.3, 0.4) is 0 Å². The van der Waals surface area contributed by atoms with Gasteiger partial charge in [-0.15, -0.1) is 0 Å². The molecule has 5 heteroatoms. The minimum Gasteiger partial charge on any atom is -0.326 e. The molecular weight excluding hydrogens is 260 g/mol. The van der Waals surface area contributed by atoms with Gasteiger partial charge >= 0.3 is 0 Å². The van der Waals surface area contributed by atoms with E-state index in [2.05, 4.69) is 4.72 Å². The minimum absolute atomic E-state index is 0.0946. The lowest BCUT2D eigenvalue weighted by atomic mass is 10.1. The topological polar surface area (TPSA) is 72.2 Å². The lowest BCUT2D eigenvalue weighted by Gasteiger charge is -2.14. The van der Waals surface area contributed by atoms with Crippen LogP contribution in [0.4, 0.5) is 0 Å². The van der Waals surface area contributed by atoms with E-state index in [1.165, 1.54) is 0 Å². The third kappa shape index (κ3) is 3.35. The van der Waals surface area contributed by atoms with Gasteiger partial charge in [-0.2, -0.15) is 0 Å². The molecule has 4 nitrogen and oxygen atoms in total. The quantitative estimate of drug-likeness (QED) is 0.866. The predicted octanol–water partition coefficient (Wildman–Crippen LogP) is 1.93. The van der Waals surface area contributed by atoms with Gasteiger partial charge in [0.15, 0.2) is 0 Å². The summed E-state index contributed by atoms with van der Waals surface area (Å²) in [6.07, 6.45) is 4.96. The molecule has 3 N–H and O–H groups in total. The van der Waals surface area contributed by atoms with Crippen LogP contribution in [0.15, 0.2) is 23.1 Å². The van der Waals surface area contributed by atoms with Crippen LogP contribution < -0.4 is 10.5 Å². The van der Waals surface area contributed by atoms with Crippen molar-refractivity contribution in [2.24, 2.45) is 5.73 Å². The van der Waals surface area contributed by atoms with Gasteiger partial charge in [0.25, 0.3) is 0 Å². The number of hydrogen-bond acceptors (Lipinski definition) is 3. The molecule has 0 aromatic heterocycles. The molecule has 0 spiro atoms. The van der Waals surface area contributed by atoms with E-state index in [0.29, 0.717) is 11.4 Å². The Morgan fingerprint density at radius 1 is 1.26 bits per heavy atom. The molecule has 1 aliphatic carbocycles. The molecule has 0 bridgehead atoms. The number of aryl methyl sites for hydroxylation is 1. The van der Waals surface area contributed by atoms with E-state index in [0.717, 1.165) is 43.2 Å². The molecule has 1 fully saturated rings. The van der Waals surface area contributed by atoms with E-state index < -0.39 is 10.0 Å². The zero-order valence-electron chi connectivity index (χ0n) is 11.4. The van der Waals surface area contributed by atoms with Crippen molar-refractivity contribution in [2.75, 3.05) is 0 Å². The number of sulfonamides is 1. The Hall–Kier alpha value is -0.910. The van der Waals surface area contributed by atoms with Crippen LogP contribution in [0.1, 0.15) is 43.7 Å². The van der Waals surface area contributed by atoms with Crippen LogP contribution in [0.25, 0.3) is 0 Å². The Bertz CT molecular complexity index is 534. The van der Waals surface area contributed by atoms with Crippen LogP contribution in [-0.4, -0.2) is 14.5 Å². The fourth-order valence-corrected chi connectivity index (χ4v) is 3.99. The molecule has 1 saturated carbocycles. The van der Waals surface area contributed by atoms with Gasteiger partial charge in [0.2, 0.25) is 10.0 Å². The maximum absolute atomic E-state index is 12.3. The SMILES string of the molecule is CCc1ccc(S(=O)(=O)NC2CCCC2)cc1CN. The van der Waals surface area contributed by atoms with E-state index in [4.69, 9.17) is 5.73 Å². The molecule has 0 heterocycles. The van der Waals surface area contributed by atoms with E-state index >= 15 is 0 Å². The van der Waals surface area contributed by atoms with Gasteiger partial charge in [-0.3, -0.25) is 0 Å². The molecule has 1 aliphatic rings. The summed E-state index contributed by atoms with van der Waals surface area (Å²) in [6.45, 7) is 2.41. The number of benzene rings is 1. The Morgan fingerprint density at radius 2 is 1.95 bits per heavy atom. The maximum atomic E-state index is 12.3. The first kappa shape index (κ1) is 14.5. The van der Waals surface area contributed by atoms with E-state index in [-0.39, 0.29) is 6.04 Å². The molecule has 1 aromatic carbocycles. The molecule has 0 amide bonds.